The number of anilines is 2. The van der Waals surface area contributed by atoms with E-state index in [2.05, 4.69) is 36.0 Å². The number of hydrogen-bond donors (Lipinski definition) is 2. The number of nitrogens with one attached hydrogen (secondary N) is 2. The second-order valence-corrected chi connectivity index (χ2v) is 8.30. The van der Waals surface area contributed by atoms with Crippen molar-refractivity contribution in [3.63, 3.8) is 0 Å². The SMILES string of the molecule is CNc1nc(N[C@H]2CCN(CCF)C[C@H]2F)nn2ccc(-c3ccc4nnn(CC(F)F)c4n3)c12. The van der Waals surface area contributed by atoms with Gasteiger partial charge < -0.3 is 10.6 Å². The van der Waals surface area contributed by atoms with E-state index in [-0.39, 0.29) is 24.7 Å². The largest absolute Gasteiger partial charge is 0.371 e. The van der Waals surface area contributed by atoms with Crippen LogP contribution in [0.1, 0.15) is 6.42 Å². The first kappa shape index (κ1) is 23.2. The Kier molecular flexibility index (Phi) is 6.36. The average Bonchev–Trinajstić information content (AvgIpc) is 3.44. The second kappa shape index (κ2) is 9.60. The molecule has 0 saturated carbocycles. The van der Waals surface area contributed by atoms with Gasteiger partial charge in [-0.1, -0.05) is 5.21 Å². The number of piperidine rings is 1. The van der Waals surface area contributed by atoms with Crippen molar-refractivity contribution in [2.24, 2.45) is 0 Å². The van der Waals surface area contributed by atoms with Crippen molar-refractivity contribution in [3.05, 3.63) is 24.4 Å². The van der Waals surface area contributed by atoms with Crippen LogP contribution in [0.25, 0.3) is 27.9 Å². The number of rotatable bonds is 8. The van der Waals surface area contributed by atoms with Crippen LogP contribution in [0.3, 0.4) is 0 Å². The first-order valence-corrected chi connectivity index (χ1v) is 11.2. The highest BCUT2D eigenvalue weighted by Gasteiger charge is 2.30. The van der Waals surface area contributed by atoms with Crippen molar-refractivity contribution < 1.29 is 17.6 Å². The molecule has 186 valence electrons. The molecular formula is C21H24F4N10. The van der Waals surface area contributed by atoms with E-state index in [1.807, 2.05) is 0 Å². The summed E-state index contributed by atoms with van der Waals surface area (Å²) in [5.74, 6) is 0.729. The maximum atomic E-state index is 14.7. The van der Waals surface area contributed by atoms with E-state index in [4.69, 9.17) is 0 Å². The molecule has 0 aromatic carbocycles. The molecule has 4 aromatic heterocycles. The second-order valence-electron chi connectivity index (χ2n) is 8.30. The molecule has 0 amide bonds. The van der Waals surface area contributed by atoms with Gasteiger partial charge in [0.25, 0.3) is 6.43 Å². The summed E-state index contributed by atoms with van der Waals surface area (Å²) in [5, 5.41) is 18.2. The van der Waals surface area contributed by atoms with Gasteiger partial charge in [0.15, 0.2) is 11.5 Å². The number of fused-ring (bicyclic) bond motifs is 2. The molecule has 4 aromatic rings. The van der Waals surface area contributed by atoms with E-state index in [9.17, 15) is 17.6 Å². The van der Waals surface area contributed by atoms with Crippen LogP contribution in [0.4, 0.5) is 29.3 Å². The highest BCUT2D eigenvalue weighted by Crippen LogP contribution is 2.30. The average molecular weight is 492 g/mol. The van der Waals surface area contributed by atoms with Crippen molar-refractivity contribution in [2.45, 2.75) is 31.6 Å². The number of hydrogen-bond acceptors (Lipinski definition) is 8. The van der Waals surface area contributed by atoms with Crippen LogP contribution in [-0.4, -0.2) is 91.5 Å². The van der Waals surface area contributed by atoms with Gasteiger partial charge in [-0.05, 0) is 24.6 Å². The molecule has 2 atom stereocenters. The molecule has 5 heterocycles. The third-order valence-electron chi connectivity index (χ3n) is 6.04. The highest BCUT2D eigenvalue weighted by molar-refractivity contribution is 5.89. The van der Waals surface area contributed by atoms with Gasteiger partial charge in [0, 0.05) is 38.4 Å². The van der Waals surface area contributed by atoms with Crippen LogP contribution in [0.2, 0.25) is 0 Å². The number of alkyl halides is 4. The van der Waals surface area contributed by atoms with Crippen molar-refractivity contribution >= 4 is 28.4 Å². The van der Waals surface area contributed by atoms with Crippen molar-refractivity contribution in [1.29, 1.82) is 0 Å². The van der Waals surface area contributed by atoms with Crippen LogP contribution in [0, 0.1) is 0 Å². The number of likely N-dealkylation sites (tertiary alicyclic amines) is 1. The Morgan fingerprint density at radius 2 is 2.06 bits per heavy atom. The maximum absolute atomic E-state index is 14.7. The van der Waals surface area contributed by atoms with Gasteiger partial charge in [0.05, 0.1) is 11.7 Å². The zero-order valence-corrected chi connectivity index (χ0v) is 18.9. The van der Waals surface area contributed by atoms with Crippen LogP contribution in [-0.2, 0) is 6.54 Å². The lowest BCUT2D eigenvalue weighted by atomic mass is 10.0. The highest BCUT2D eigenvalue weighted by atomic mass is 19.3. The molecule has 0 aliphatic carbocycles. The fraction of sp³-hybridized carbons (Fsp3) is 0.476. The van der Waals surface area contributed by atoms with Gasteiger partial charge in [0.1, 0.15) is 30.4 Å². The topological polar surface area (TPSA) is 101 Å². The van der Waals surface area contributed by atoms with Gasteiger partial charge >= 0.3 is 0 Å². The molecule has 5 rings (SSSR count). The minimum atomic E-state index is -2.59. The van der Waals surface area contributed by atoms with Crippen molar-refractivity contribution in [3.8, 4) is 11.3 Å². The fourth-order valence-corrected chi connectivity index (χ4v) is 4.34. The minimum absolute atomic E-state index is 0.154. The summed E-state index contributed by atoms with van der Waals surface area (Å²) in [6.45, 7) is -0.140. The predicted molar refractivity (Wildman–Crippen MR) is 122 cm³/mol. The molecule has 0 unspecified atom stereocenters. The van der Waals surface area contributed by atoms with Gasteiger partial charge in [-0.2, -0.15) is 4.98 Å². The quantitative estimate of drug-likeness (QED) is 0.362. The van der Waals surface area contributed by atoms with Gasteiger partial charge in [0.2, 0.25) is 5.95 Å². The lowest BCUT2D eigenvalue weighted by Gasteiger charge is -2.34. The molecule has 0 spiro atoms. The molecule has 1 fully saturated rings. The molecule has 1 aliphatic heterocycles. The summed E-state index contributed by atoms with van der Waals surface area (Å²) in [6, 6.07) is 4.69. The first-order chi connectivity index (χ1) is 17.0. The smallest absolute Gasteiger partial charge is 0.258 e. The summed E-state index contributed by atoms with van der Waals surface area (Å²) in [4.78, 5) is 10.8. The van der Waals surface area contributed by atoms with E-state index in [1.165, 1.54) is 0 Å². The Morgan fingerprint density at radius 3 is 2.80 bits per heavy atom. The maximum Gasteiger partial charge on any atom is 0.258 e. The number of aromatic nitrogens is 7. The molecule has 2 N–H and O–H groups in total. The van der Waals surface area contributed by atoms with Crippen molar-refractivity contribution in [1.82, 2.24) is 39.5 Å². The lowest BCUT2D eigenvalue weighted by molar-refractivity contribution is 0.120. The third-order valence-corrected chi connectivity index (χ3v) is 6.04. The number of nitrogens with zero attached hydrogens (tertiary/aromatic N) is 8. The Hall–Kier alpha value is -3.55. The fourth-order valence-electron chi connectivity index (χ4n) is 4.34. The zero-order chi connectivity index (χ0) is 24.5. The van der Waals surface area contributed by atoms with E-state index in [1.54, 1.807) is 40.9 Å². The zero-order valence-electron chi connectivity index (χ0n) is 18.9. The minimum Gasteiger partial charge on any atom is -0.371 e. The Balaban J connectivity index is 1.45. The van der Waals surface area contributed by atoms with Crippen LogP contribution in [0.5, 0.6) is 0 Å². The summed E-state index contributed by atoms with van der Waals surface area (Å²) in [5.41, 5.74) is 2.47. The summed E-state index contributed by atoms with van der Waals surface area (Å²) < 4.78 is 55.7. The van der Waals surface area contributed by atoms with E-state index >= 15 is 0 Å². The molecule has 10 nitrogen and oxygen atoms in total. The molecule has 1 saturated heterocycles. The van der Waals surface area contributed by atoms with E-state index in [0.29, 0.717) is 41.1 Å². The molecule has 14 heteroatoms. The first-order valence-electron chi connectivity index (χ1n) is 11.2. The van der Waals surface area contributed by atoms with Crippen molar-refractivity contribution in [2.75, 3.05) is 44.0 Å². The van der Waals surface area contributed by atoms with Gasteiger partial charge in [-0.25, -0.2) is 31.7 Å². The Morgan fingerprint density at radius 1 is 1.20 bits per heavy atom. The van der Waals surface area contributed by atoms with Crippen LogP contribution < -0.4 is 10.6 Å². The Bertz CT molecular complexity index is 1320. The van der Waals surface area contributed by atoms with Gasteiger partial charge in [-0.3, -0.25) is 4.90 Å². The normalized spacial score (nSPS) is 19.1. The number of halogens is 4. The third kappa shape index (κ3) is 4.57. The molecule has 0 bridgehead atoms. The monoisotopic (exact) mass is 492 g/mol. The predicted octanol–water partition coefficient (Wildman–Crippen LogP) is 2.64. The summed E-state index contributed by atoms with van der Waals surface area (Å²) >= 11 is 0. The summed E-state index contributed by atoms with van der Waals surface area (Å²) in [6.07, 6.45) is -1.56. The van der Waals surface area contributed by atoms with E-state index < -0.39 is 31.9 Å². The molecule has 1 aliphatic rings. The summed E-state index contributed by atoms with van der Waals surface area (Å²) in [7, 11) is 1.70. The molecule has 35 heavy (non-hydrogen) atoms. The van der Waals surface area contributed by atoms with Crippen LogP contribution in [0.15, 0.2) is 24.4 Å². The standard InChI is InChI=1S/C21H24F4N10/c1-26-19-18-12(14-2-3-16-20(27-14)35(32-30-16)11-17(24)25)4-8-34(18)31-21(29-19)28-15-5-7-33(9-6-22)10-13(15)23/h2-4,8,13,15,17H,5-7,9-11H2,1H3,(H2,26,28,29,31)/t13-,15+/m1/s1. The molecule has 0 radical (unpaired) electrons. The van der Waals surface area contributed by atoms with E-state index in [0.717, 1.165) is 4.68 Å². The Labute approximate surface area is 197 Å². The number of pyridine rings is 1. The lowest BCUT2D eigenvalue weighted by Crippen LogP contribution is -2.48. The molecular weight excluding hydrogens is 468 g/mol. The van der Waals surface area contributed by atoms with Crippen LogP contribution >= 0.6 is 0 Å². The van der Waals surface area contributed by atoms with Gasteiger partial charge in [-0.15, -0.1) is 10.2 Å².